The quantitative estimate of drug-likeness (QED) is 0.219. The Morgan fingerprint density at radius 1 is 0.822 bits per heavy atom. The predicted octanol–water partition coefficient (Wildman–Crippen LogP) is 6.02. The second kappa shape index (κ2) is 14.0. The Kier molecular flexibility index (Phi) is 10.4. The molecule has 1 N–H and O–H groups in total. The van der Waals surface area contributed by atoms with Gasteiger partial charge in [0.1, 0.15) is 24.2 Å². The first-order valence-electron chi connectivity index (χ1n) is 14.5. The Bertz CT molecular complexity index is 1720. The number of anilines is 1. The summed E-state index contributed by atoms with van der Waals surface area (Å²) in [5.41, 5.74) is 1.13. The van der Waals surface area contributed by atoms with Crippen LogP contribution >= 0.6 is 0 Å². The minimum absolute atomic E-state index is 0.0509. The zero-order valence-corrected chi connectivity index (χ0v) is 26.5. The highest BCUT2D eigenvalue weighted by atomic mass is 32.2. The van der Waals surface area contributed by atoms with Gasteiger partial charge in [0.15, 0.2) is 0 Å². The fourth-order valence-electron chi connectivity index (χ4n) is 4.79. The number of benzene rings is 4. The molecule has 4 aromatic carbocycles. The summed E-state index contributed by atoms with van der Waals surface area (Å²) < 4.78 is 57.8. The van der Waals surface area contributed by atoms with E-state index in [9.17, 15) is 22.4 Å². The van der Waals surface area contributed by atoms with Crippen LogP contribution in [0.4, 0.5) is 14.5 Å². The first kappa shape index (κ1) is 33.3. The second-order valence-electron chi connectivity index (χ2n) is 11.9. The van der Waals surface area contributed by atoms with E-state index >= 15 is 4.39 Å². The van der Waals surface area contributed by atoms with Gasteiger partial charge in [-0.2, -0.15) is 0 Å². The summed E-state index contributed by atoms with van der Waals surface area (Å²) in [5.74, 6) is -2.39. The van der Waals surface area contributed by atoms with Gasteiger partial charge in [-0.25, -0.2) is 17.2 Å². The molecule has 0 aliphatic rings. The number of carbonyl (C=O) groups is 2. The van der Waals surface area contributed by atoms with Crippen LogP contribution in [0.3, 0.4) is 0 Å². The number of nitrogens with one attached hydrogen (secondary N) is 1. The van der Waals surface area contributed by atoms with Crippen molar-refractivity contribution in [2.75, 3.05) is 10.8 Å². The van der Waals surface area contributed by atoms with E-state index in [-0.39, 0.29) is 29.1 Å². The largest absolute Gasteiger partial charge is 0.350 e. The van der Waals surface area contributed by atoms with Gasteiger partial charge in [0.05, 0.1) is 10.6 Å². The van der Waals surface area contributed by atoms with Crippen LogP contribution in [0.5, 0.6) is 0 Å². The summed E-state index contributed by atoms with van der Waals surface area (Å²) in [6, 6.07) is 24.7. The molecule has 4 rings (SSSR count). The summed E-state index contributed by atoms with van der Waals surface area (Å²) in [5, 5.41) is 2.93. The van der Waals surface area contributed by atoms with Crippen molar-refractivity contribution in [2.24, 2.45) is 0 Å². The Morgan fingerprint density at radius 2 is 1.42 bits per heavy atom. The molecule has 0 bridgehead atoms. The number of halogens is 2. The fourth-order valence-corrected chi connectivity index (χ4v) is 6.20. The molecule has 2 amide bonds. The second-order valence-corrected chi connectivity index (χ2v) is 13.7. The molecule has 0 saturated carbocycles. The molecule has 0 fully saturated rings. The van der Waals surface area contributed by atoms with E-state index in [0.29, 0.717) is 0 Å². The Labute approximate surface area is 263 Å². The van der Waals surface area contributed by atoms with E-state index < -0.39 is 51.6 Å². The van der Waals surface area contributed by atoms with Crippen molar-refractivity contribution in [1.29, 1.82) is 0 Å². The van der Waals surface area contributed by atoms with Gasteiger partial charge in [0, 0.05) is 24.1 Å². The van der Waals surface area contributed by atoms with Gasteiger partial charge in [-0.1, -0.05) is 66.2 Å². The standard InChI is InChI=1S/C35H37F2N3O4S/c1-25-14-20-30(21-15-25)45(43,44)40(29-18-16-28(36)17-19-29)24-33(41)39(23-27-12-8-9-13-31(27)37)32(34(42)38-35(2,3)4)22-26-10-6-5-7-11-26/h5-21,32H,22-24H2,1-4H3,(H,38,42)/t32-/m0/s1. The van der Waals surface area contributed by atoms with Gasteiger partial charge in [0.25, 0.3) is 10.0 Å². The van der Waals surface area contributed by atoms with Crippen LogP contribution in [0.2, 0.25) is 0 Å². The lowest BCUT2D eigenvalue weighted by atomic mass is 10.0. The number of amides is 2. The Balaban J connectivity index is 1.82. The molecular formula is C35H37F2N3O4S. The minimum atomic E-state index is -4.34. The maximum Gasteiger partial charge on any atom is 0.264 e. The van der Waals surface area contributed by atoms with Crippen molar-refractivity contribution in [3.05, 3.63) is 131 Å². The zero-order valence-electron chi connectivity index (χ0n) is 25.7. The smallest absolute Gasteiger partial charge is 0.264 e. The van der Waals surface area contributed by atoms with E-state index in [1.807, 2.05) is 37.3 Å². The third kappa shape index (κ3) is 8.76. The lowest BCUT2D eigenvalue weighted by Gasteiger charge is -2.35. The molecular weight excluding hydrogens is 596 g/mol. The summed E-state index contributed by atoms with van der Waals surface area (Å²) >= 11 is 0. The molecule has 0 saturated heterocycles. The summed E-state index contributed by atoms with van der Waals surface area (Å²) in [6.45, 7) is 6.19. The fraction of sp³-hybridized carbons (Fsp3) is 0.257. The average Bonchev–Trinajstić information content (AvgIpc) is 2.99. The summed E-state index contributed by atoms with van der Waals surface area (Å²) in [6.07, 6.45) is 0.0875. The van der Waals surface area contributed by atoms with Crippen LogP contribution in [0.1, 0.15) is 37.5 Å². The number of carbonyl (C=O) groups excluding carboxylic acids is 2. The zero-order chi connectivity index (χ0) is 32.8. The molecule has 10 heteroatoms. The molecule has 1 atom stereocenters. The van der Waals surface area contributed by atoms with Crippen molar-refractivity contribution in [1.82, 2.24) is 10.2 Å². The average molecular weight is 634 g/mol. The lowest BCUT2D eigenvalue weighted by Crippen LogP contribution is -2.56. The third-order valence-electron chi connectivity index (χ3n) is 7.07. The van der Waals surface area contributed by atoms with Crippen LogP contribution in [-0.2, 0) is 32.6 Å². The van der Waals surface area contributed by atoms with E-state index in [1.165, 1.54) is 47.4 Å². The van der Waals surface area contributed by atoms with E-state index in [0.717, 1.165) is 27.6 Å². The van der Waals surface area contributed by atoms with Gasteiger partial charge < -0.3 is 10.2 Å². The van der Waals surface area contributed by atoms with Gasteiger partial charge >= 0.3 is 0 Å². The van der Waals surface area contributed by atoms with Crippen LogP contribution < -0.4 is 9.62 Å². The monoisotopic (exact) mass is 633 g/mol. The van der Waals surface area contributed by atoms with Gasteiger partial charge in [-0.15, -0.1) is 0 Å². The number of aryl methyl sites for hydroxylation is 1. The van der Waals surface area contributed by atoms with Crippen LogP contribution in [0.15, 0.2) is 108 Å². The highest BCUT2D eigenvalue weighted by molar-refractivity contribution is 7.92. The Hall–Kier alpha value is -4.57. The van der Waals surface area contributed by atoms with Crippen LogP contribution in [0, 0.1) is 18.6 Å². The Morgan fingerprint density at radius 3 is 2.02 bits per heavy atom. The van der Waals surface area contributed by atoms with Crippen molar-refractivity contribution in [3.8, 4) is 0 Å². The van der Waals surface area contributed by atoms with Crippen molar-refractivity contribution < 1.29 is 26.8 Å². The van der Waals surface area contributed by atoms with Crippen molar-refractivity contribution in [2.45, 2.75) is 57.1 Å². The number of rotatable bonds is 11. The molecule has 4 aromatic rings. The lowest BCUT2D eigenvalue weighted by molar-refractivity contribution is -0.140. The maximum absolute atomic E-state index is 15.0. The molecule has 0 spiro atoms. The number of hydrogen-bond donors (Lipinski definition) is 1. The van der Waals surface area contributed by atoms with Crippen molar-refractivity contribution in [3.63, 3.8) is 0 Å². The summed E-state index contributed by atoms with van der Waals surface area (Å²) in [4.78, 5) is 29.4. The molecule has 0 unspecified atom stereocenters. The molecule has 0 aromatic heterocycles. The maximum atomic E-state index is 15.0. The third-order valence-corrected chi connectivity index (χ3v) is 8.86. The number of sulfonamides is 1. The molecule has 236 valence electrons. The van der Waals surface area contributed by atoms with Gasteiger partial charge in [0.2, 0.25) is 11.8 Å². The summed E-state index contributed by atoms with van der Waals surface area (Å²) in [7, 11) is -4.34. The van der Waals surface area contributed by atoms with Crippen LogP contribution in [0.25, 0.3) is 0 Å². The normalized spacial score (nSPS) is 12.3. The topological polar surface area (TPSA) is 86.8 Å². The van der Waals surface area contributed by atoms with E-state index in [1.54, 1.807) is 39.0 Å². The minimum Gasteiger partial charge on any atom is -0.350 e. The van der Waals surface area contributed by atoms with Crippen molar-refractivity contribution >= 4 is 27.5 Å². The molecule has 0 radical (unpaired) electrons. The van der Waals surface area contributed by atoms with E-state index in [4.69, 9.17) is 0 Å². The highest BCUT2D eigenvalue weighted by Gasteiger charge is 2.36. The number of nitrogens with zero attached hydrogens (tertiary/aromatic N) is 2. The van der Waals surface area contributed by atoms with Crippen LogP contribution in [-0.4, -0.2) is 43.3 Å². The van der Waals surface area contributed by atoms with E-state index in [2.05, 4.69) is 5.32 Å². The molecule has 45 heavy (non-hydrogen) atoms. The first-order valence-corrected chi connectivity index (χ1v) is 15.9. The molecule has 7 nitrogen and oxygen atoms in total. The highest BCUT2D eigenvalue weighted by Crippen LogP contribution is 2.26. The molecule has 0 heterocycles. The first-order chi connectivity index (χ1) is 21.2. The molecule has 0 aliphatic carbocycles. The predicted molar refractivity (Wildman–Crippen MR) is 171 cm³/mol. The van der Waals surface area contributed by atoms with Gasteiger partial charge in [-0.05, 0) is 75.7 Å². The van der Waals surface area contributed by atoms with Gasteiger partial charge in [-0.3, -0.25) is 13.9 Å². The molecule has 0 aliphatic heterocycles. The number of hydrogen-bond acceptors (Lipinski definition) is 4. The SMILES string of the molecule is Cc1ccc(S(=O)(=O)N(CC(=O)N(Cc2ccccc2F)[C@@H](Cc2ccccc2)C(=O)NC(C)(C)C)c2ccc(F)cc2)cc1.